The van der Waals surface area contributed by atoms with Gasteiger partial charge in [-0.3, -0.25) is 9.69 Å². The quantitative estimate of drug-likeness (QED) is 0.476. The molecule has 0 unspecified atom stereocenters. The Morgan fingerprint density at radius 3 is 2.66 bits per heavy atom. The van der Waals surface area contributed by atoms with E-state index in [2.05, 4.69) is 10.3 Å². The number of ether oxygens (including phenoxy) is 1. The lowest BCUT2D eigenvalue weighted by Gasteiger charge is -2.14. The molecule has 160 valence electrons. The number of fused-ring (bicyclic) bond motifs is 1. The van der Waals surface area contributed by atoms with E-state index in [9.17, 15) is 14.0 Å². The Hall–Kier alpha value is -4.13. The van der Waals surface area contributed by atoms with Crippen LogP contribution in [0.4, 0.5) is 14.9 Å². The van der Waals surface area contributed by atoms with E-state index in [-0.39, 0.29) is 5.91 Å². The Bertz CT molecular complexity index is 1310. The zero-order valence-corrected chi connectivity index (χ0v) is 17.1. The number of hydrogen-bond donors (Lipinski definition) is 2. The number of H-pyrrole nitrogens is 1. The second kappa shape index (κ2) is 8.19. The van der Waals surface area contributed by atoms with Gasteiger partial charge >= 0.3 is 6.09 Å². The van der Waals surface area contributed by atoms with Crippen LogP contribution in [-0.4, -0.2) is 30.1 Å². The van der Waals surface area contributed by atoms with Gasteiger partial charge in [-0.25, -0.2) is 9.18 Å². The van der Waals surface area contributed by atoms with Gasteiger partial charge in [-0.15, -0.1) is 0 Å². The number of aromatic nitrogens is 1. The average Bonchev–Trinajstić information content (AvgIpc) is 3.46. The van der Waals surface area contributed by atoms with Gasteiger partial charge in [0.05, 0.1) is 12.2 Å². The van der Waals surface area contributed by atoms with Crippen LogP contribution < -0.4 is 10.2 Å². The highest BCUT2D eigenvalue weighted by molar-refractivity contribution is 5.97. The van der Waals surface area contributed by atoms with Crippen molar-refractivity contribution in [1.82, 2.24) is 10.3 Å². The molecule has 1 aliphatic rings. The van der Waals surface area contributed by atoms with Crippen molar-refractivity contribution in [2.24, 2.45) is 0 Å². The summed E-state index contributed by atoms with van der Waals surface area (Å²) in [4.78, 5) is 28.7. The summed E-state index contributed by atoms with van der Waals surface area (Å²) in [5.74, 6) is -0.574. The molecule has 4 aromatic rings. The van der Waals surface area contributed by atoms with Crippen molar-refractivity contribution in [2.75, 3.05) is 18.1 Å². The lowest BCUT2D eigenvalue weighted by molar-refractivity contribution is 0.0951. The van der Waals surface area contributed by atoms with Crippen molar-refractivity contribution in [3.63, 3.8) is 0 Å². The fraction of sp³-hybridized carbons (Fsp3) is 0.120. The zero-order valence-electron chi connectivity index (χ0n) is 17.1. The van der Waals surface area contributed by atoms with E-state index in [4.69, 9.17) is 4.74 Å². The van der Waals surface area contributed by atoms with Crippen molar-refractivity contribution < 1.29 is 18.7 Å². The van der Waals surface area contributed by atoms with E-state index in [1.54, 1.807) is 18.2 Å². The second-order valence-electron chi connectivity index (χ2n) is 7.59. The lowest BCUT2D eigenvalue weighted by Crippen LogP contribution is -2.23. The molecule has 0 aliphatic carbocycles. The molecule has 0 bridgehead atoms. The molecule has 32 heavy (non-hydrogen) atoms. The number of hydrogen-bond acceptors (Lipinski definition) is 3. The number of carbonyl (C=O) groups is 2. The van der Waals surface area contributed by atoms with Gasteiger partial charge in [0, 0.05) is 29.4 Å². The minimum absolute atomic E-state index is 0.160. The molecule has 2 heterocycles. The molecule has 1 aliphatic heterocycles. The van der Waals surface area contributed by atoms with Crippen molar-refractivity contribution in [1.29, 1.82) is 0 Å². The molecule has 0 atom stereocenters. The maximum Gasteiger partial charge on any atom is 0.414 e. The predicted octanol–water partition coefficient (Wildman–Crippen LogP) is 4.86. The summed E-state index contributed by atoms with van der Waals surface area (Å²) < 4.78 is 19.6. The minimum Gasteiger partial charge on any atom is -0.447 e. The highest BCUT2D eigenvalue weighted by Crippen LogP contribution is 2.28. The molecule has 2 N–H and O–H groups in total. The Balaban J connectivity index is 1.25. The third-order valence-electron chi connectivity index (χ3n) is 5.56. The summed E-state index contributed by atoms with van der Waals surface area (Å²) in [7, 11) is 0. The molecule has 0 radical (unpaired) electrons. The molecule has 1 saturated heterocycles. The van der Waals surface area contributed by atoms with Gasteiger partial charge < -0.3 is 15.0 Å². The molecule has 3 aromatic carbocycles. The molecule has 5 rings (SSSR count). The fourth-order valence-corrected chi connectivity index (χ4v) is 3.81. The van der Waals surface area contributed by atoms with Crippen LogP contribution in [0.25, 0.3) is 22.0 Å². The first-order valence-electron chi connectivity index (χ1n) is 10.3. The Morgan fingerprint density at radius 2 is 1.91 bits per heavy atom. The summed E-state index contributed by atoms with van der Waals surface area (Å²) in [6.45, 7) is 1.08. The highest BCUT2D eigenvalue weighted by Gasteiger charge is 2.24. The highest BCUT2D eigenvalue weighted by atomic mass is 19.1. The van der Waals surface area contributed by atoms with E-state index in [1.807, 2.05) is 48.7 Å². The van der Waals surface area contributed by atoms with E-state index in [0.29, 0.717) is 42.1 Å². The number of carbonyl (C=O) groups excluding carboxylic acids is 2. The van der Waals surface area contributed by atoms with E-state index >= 15 is 0 Å². The van der Waals surface area contributed by atoms with Crippen LogP contribution >= 0.6 is 0 Å². The molecular weight excluding hydrogens is 409 g/mol. The molecule has 0 saturated carbocycles. The first kappa shape index (κ1) is 19.8. The second-order valence-corrected chi connectivity index (χ2v) is 7.59. The molecule has 6 nitrogen and oxygen atoms in total. The summed E-state index contributed by atoms with van der Waals surface area (Å²) in [5.41, 5.74) is 4.03. The topological polar surface area (TPSA) is 74.4 Å². The van der Waals surface area contributed by atoms with Crippen LogP contribution in [-0.2, 0) is 11.3 Å². The van der Waals surface area contributed by atoms with Crippen LogP contribution in [0.3, 0.4) is 0 Å². The summed E-state index contributed by atoms with van der Waals surface area (Å²) in [5, 5.41) is 3.96. The number of nitrogens with one attached hydrogen (secondary N) is 2. The summed E-state index contributed by atoms with van der Waals surface area (Å²) in [6.07, 6.45) is 1.38. The van der Waals surface area contributed by atoms with E-state index < -0.39 is 11.9 Å². The van der Waals surface area contributed by atoms with Crippen LogP contribution in [0.15, 0.2) is 72.9 Å². The molecule has 2 amide bonds. The molecule has 1 aromatic heterocycles. The number of amides is 2. The number of benzene rings is 3. The number of halogens is 1. The Labute approximate surface area is 183 Å². The average molecular weight is 429 g/mol. The van der Waals surface area contributed by atoms with Crippen molar-refractivity contribution in [3.8, 4) is 11.1 Å². The molecule has 1 fully saturated rings. The largest absolute Gasteiger partial charge is 0.447 e. The van der Waals surface area contributed by atoms with Crippen LogP contribution in [0.1, 0.15) is 15.9 Å². The molecule has 7 heteroatoms. The Kier molecular flexibility index (Phi) is 5.07. The van der Waals surface area contributed by atoms with Gasteiger partial charge in [-0.2, -0.15) is 0 Å². The van der Waals surface area contributed by atoms with Gasteiger partial charge in [-0.1, -0.05) is 30.3 Å². The molecule has 0 spiro atoms. The number of nitrogens with zero attached hydrogens (tertiary/aromatic N) is 1. The smallest absolute Gasteiger partial charge is 0.414 e. The maximum atomic E-state index is 14.7. The van der Waals surface area contributed by atoms with Gasteiger partial charge in [-0.05, 0) is 52.9 Å². The van der Waals surface area contributed by atoms with Crippen molar-refractivity contribution in [2.45, 2.75) is 6.54 Å². The van der Waals surface area contributed by atoms with Crippen LogP contribution in [0.2, 0.25) is 0 Å². The van der Waals surface area contributed by atoms with Crippen molar-refractivity contribution >= 4 is 28.6 Å². The minimum atomic E-state index is -0.462. The van der Waals surface area contributed by atoms with Crippen LogP contribution in [0, 0.1) is 5.82 Å². The lowest BCUT2D eigenvalue weighted by atomic mass is 10.0. The number of anilines is 1. The monoisotopic (exact) mass is 429 g/mol. The number of rotatable bonds is 5. The first-order valence-corrected chi connectivity index (χ1v) is 10.3. The normalized spacial score (nSPS) is 13.4. The predicted molar refractivity (Wildman–Crippen MR) is 120 cm³/mol. The summed E-state index contributed by atoms with van der Waals surface area (Å²) in [6, 6.07) is 19.5. The van der Waals surface area contributed by atoms with Gasteiger partial charge in [0.1, 0.15) is 12.4 Å². The SMILES string of the molecule is O=C(NCc1ccc(-c2ccc(N3CCOC3=O)cc2F)cc1)c1ccc2cc[nH]c2c1. The fourth-order valence-electron chi connectivity index (χ4n) is 3.81. The number of cyclic esters (lactones) is 1. The third-order valence-corrected chi connectivity index (χ3v) is 5.56. The van der Waals surface area contributed by atoms with Gasteiger partial charge in [0.15, 0.2) is 0 Å². The Morgan fingerprint density at radius 1 is 1.06 bits per heavy atom. The van der Waals surface area contributed by atoms with Gasteiger partial charge in [0.25, 0.3) is 5.91 Å². The molecular formula is C25H20FN3O3. The zero-order chi connectivity index (χ0) is 22.1. The van der Waals surface area contributed by atoms with Gasteiger partial charge in [0.2, 0.25) is 0 Å². The van der Waals surface area contributed by atoms with E-state index in [0.717, 1.165) is 16.5 Å². The van der Waals surface area contributed by atoms with Crippen LogP contribution in [0.5, 0.6) is 0 Å². The standard InChI is InChI=1S/C25H20FN3O3/c26-22-14-20(29-11-12-32-25(29)31)7-8-21(22)17-3-1-16(2-4-17)15-28-24(30)19-6-5-18-9-10-27-23(18)13-19/h1-10,13-14,27H,11-12,15H2,(H,28,30). The first-order chi connectivity index (χ1) is 15.6. The third kappa shape index (κ3) is 3.80. The van der Waals surface area contributed by atoms with Crippen molar-refractivity contribution in [3.05, 3.63) is 89.9 Å². The maximum absolute atomic E-state index is 14.7. The summed E-state index contributed by atoms with van der Waals surface area (Å²) >= 11 is 0. The van der Waals surface area contributed by atoms with E-state index in [1.165, 1.54) is 11.0 Å². The number of aromatic amines is 1.